The molecule has 462 valence electrons. The predicted octanol–water partition coefficient (Wildman–Crippen LogP) is 20.4. The monoisotopic (exact) mass is 1130 g/mol. The van der Waals surface area contributed by atoms with Crippen molar-refractivity contribution >= 4 is 19.7 Å². The molecule has 0 aliphatic heterocycles. The maximum absolute atomic E-state index is 13.6. The lowest BCUT2D eigenvalue weighted by atomic mass is 10.0. The first kappa shape index (κ1) is 76.7. The van der Waals surface area contributed by atoms with Crippen LogP contribution in [0.2, 0.25) is 0 Å². The standard InChI is InChI=1S/C69H129N2O7P/c1-7-10-13-16-19-22-25-27-29-31-32-33-34-35-36-37-38-40-41-43-46-49-52-55-58-61-68(72)70-66(65-77-79(74,75)76-64-63-71(4,5)6)67(60-57-54-51-48-45-24-21-18-15-12-9-3)78-69(73)62-59-56-53-50-47-44-42-39-30-28-26-23-20-17-14-11-8-2/h20,23,28,30,42,44,50,53,57,60,66-67H,7-19,21-22,24-27,29,31-41,43,45-49,51-52,54-56,58-59,61-65H2,1-6H3,(H-,70,72,74,75)/b23-20-,30-28-,44-42-,53-50-,60-57-. The highest BCUT2D eigenvalue weighted by molar-refractivity contribution is 7.45. The van der Waals surface area contributed by atoms with Crippen molar-refractivity contribution in [1.29, 1.82) is 0 Å². The number of ether oxygens (including phenoxy) is 1. The highest BCUT2D eigenvalue weighted by Gasteiger charge is 2.27. The number of carbonyl (C=O) groups excluding carboxylic acids is 2. The third kappa shape index (κ3) is 60.1. The number of hydrogen-bond acceptors (Lipinski definition) is 7. The first-order valence-corrected chi connectivity index (χ1v) is 35.1. The number of phosphoric acid groups is 1. The summed E-state index contributed by atoms with van der Waals surface area (Å²) in [6, 6.07) is -0.909. The highest BCUT2D eigenvalue weighted by atomic mass is 31.2. The molecule has 0 aliphatic rings. The summed E-state index contributed by atoms with van der Waals surface area (Å²) in [6.45, 7) is 6.81. The Morgan fingerprint density at radius 3 is 1.20 bits per heavy atom. The second-order valence-electron chi connectivity index (χ2n) is 24.0. The summed E-state index contributed by atoms with van der Waals surface area (Å²) in [5, 5.41) is 3.02. The number of nitrogens with zero attached hydrogens (tertiary/aromatic N) is 1. The minimum absolute atomic E-state index is 0.0304. The molecule has 1 amide bonds. The fourth-order valence-corrected chi connectivity index (χ4v) is 10.5. The number of amides is 1. The molecule has 0 heterocycles. The van der Waals surface area contributed by atoms with Crippen LogP contribution < -0.4 is 10.2 Å². The molecule has 10 heteroatoms. The zero-order chi connectivity index (χ0) is 57.9. The van der Waals surface area contributed by atoms with E-state index in [1.165, 1.54) is 212 Å². The Balaban J connectivity index is 5.09. The molecule has 0 aromatic rings. The molecule has 0 bridgehead atoms. The third-order valence-electron chi connectivity index (χ3n) is 15.0. The number of carbonyl (C=O) groups is 2. The van der Waals surface area contributed by atoms with Crippen LogP contribution in [0.3, 0.4) is 0 Å². The zero-order valence-electron chi connectivity index (χ0n) is 52.8. The van der Waals surface area contributed by atoms with Gasteiger partial charge in [-0.25, -0.2) is 0 Å². The number of quaternary nitrogens is 1. The summed E-state index contributed by atoms with van der Waals surface area (Å²) >= 11 is 0. The maximum Gasteiger partial charge on any atom is 0.306 e. The SMILES string of the molecule is CCCCC/C=C\C/C=C\C/C=C\C/C=C\CCCC(=O)OC(/C=C\CCCCCCCCCCC)C(COP(=O)([O-])OCC[N+](C)(C)C)NC(=O)CCCCCCCCCCCCCCCCCCCCCCCCCCC. The van der Waals surface area contributed by atoms with Crippen molar-refractivity contribution < 1.29 is 37.3 Å². The maximum atomic E-state index is 13.6. The minimum Gasteiger partial charge on any atom is -0.756 e. The van der Waals surface area contributed by atoms with Crippen molar-refractivity contribution in [3.8, 4) is 0 Å². The molecule has 0 aromatic carbocycles. The summed E-state index contributed by atoms with van der Waals surface area (Å²) in [7, 11) is 1.16. The van der Waals surface area contributed by atoms with Gasteiger partial charge in [-0.05, 0) is 70.3 Å². The Kier molecular flexibility index (Phi) is 57.2. The number of likely N-dealkylation sites (N-methyl/N-ethyl adjacent to an activating group) is 1. The van der Waals surface area contributed by atoms with Gasteiger partial charge in [0.25, 0.3) is 7.82 Å². The van der Waals surface area contributed by atoms with Gasteiger partial charge in [-0.15, -0.1) is 0 Å². The second-order valence-corrected chi connectivity index (χ2v) is 25.4. The van der Waals surface area contributed by atoms with E-state index in [0.29, 0.717) is 23.9 Å². The smallest absolute Gasteiger partial charge is 0.306 e. The van der Waals surface area contributed by atoms with E-state index in [1.54, 1.807) is 0 Å². The van der Waals surface area contributed by atoms with Gasteiger partial charge in [0.15, 0.2) is 0 Å². The predicted molar refractivity (Wildman–Crippen MR) is 339 cm³/mol. The van der Waals surface area contributed by atoms with Gasteiger partial charge in [0.1, 0.15) is 19.3 Å². The molecular weight excluding hydrogens is 1000 g/mol. The Hall–Kier alpha value is -2.29. The van der Waals surface area contributed by atoms with Gasteiger partial charge in [-0.2, -0.15) is 0 Å². The summed E-state index contributed by atoms with van der Waals surface area (Å²) in [4.78, 5) is 40.0. The summed E-state index contributed by atoms with van der Waals surface area (Å²) < 4.78 is 30.3. The van der Waals surface area contributed by atoms with Crippen LogP contribution in [0.4, 0.5) is 0 Å². The number of allylic oxidation sites excluding steroid dienone is 9. The first-order valence-electron chi connectivity index (χ1n) is 33.6. The molecule has 79 heavy (non-hydrogen) atoms. The van der Waals surface area contributed by atoms with Crippen molar-refractivity contribution in [3.63, 3.8) is 0 Å². The van der Waals surface area contributed by atoms with Crippen molar-refractivity contribution in [2.24, 2.45) is 0 Å². The van der Waals surface area contributed by atoms with Gasteiger partial charge in [-0.3, -0.25) is 14.2 Å². The Morgan fingerprint density at radius 2 is 0.785 bits per heavy atom. The third-order valence-corrected chi connectivity index (χ3v) is 15.9. The van der Waals surface area contributed by atoms with Gasteiger partial charge in [0.2, 0.25) is 5.91 Å². The summed E-state index contributed by atoms with van der Waals surface area (Å²) in [6.07, 6.45) is 75.0. The molecular formula is C69H129N2O7P. The van der Waals surface area contributed by atoms with E-state index in [-0.39, 0.29) is 18.9 Å². The van der Waals surface area contributed by atoms with E-state index in [1.807, 2.05) is 33.3 Å². The van der Waals surface area contributed by atoms with E-state index in [9.17, 15) is 19.0 Å². The zero-order valence-corrected chi connectivity index (χ0v) is 53.7. The number of rotatable bonds is 61. The normalized spacial score (nSPS) is 14.0. The molecule has 0 aliphatic carbocycles. The molecule has 3 atom stereocenters. The molecule has 1 N–H and O–H groups in total. The van der Waals surface area contributed by atoms with Crippen molar-refractivity contribution in [1.82, 2.24) is 5.32 Å². The average molecular weight is 1130 g/mol. The topological polar surface area (TPSA) is 114 Å². The quantitative estimate of drug-likeness (QED) is 0.0212. The number of phosphoric ester groups is 1. The first-order chi connectivity index (χ1) is 38.4. The molecule has 0 saturated carbocycles. The van der Waals surface area contributed by atoms with E-state index < -0.39 is 32.5 Å². The van der Waals surface area contributed by atoms with E-state index in [4.69, 9.17) is 13.8 Å². The number of nitrogens with one attached hydrogen (secondary N) is 1. The van der Waals surface area contributed by atoms with Gasteiger partial charge >= 0.3 is 5.97 Å². The lowest BCUT2D eigenvalue weighted by Crippen LogP contribution is -2.47. The number of unbranched alkanes of at least 4 members (excludes halogenated alkanes) is 37. The van der Waals surface area contributed by atoms with Gasteiger partial charge in [0, 0.05) is 12.8 Å². The van der Waals surface area contributed by atoms with Crippen LogP contribution in [0.5, 0.6) is 0 Å². The van der Waals surface area contributed by atoms with Crippen LogP contribution in [0.25, 0.3) is 0 Å². The lowest BCUT2D eigenvalue weighted by molar-refractivity contribution is -0.870. The van der Waals surface area contributed by atoms with Crippen LogP contribution in [-0.4, -0.2) is 69.4 Å². The van der Waals surface area contributed by atoms with Crippen molar-refractivity contribution in [2.75, 3.05) is 40.9 Å². The van der Waals surface area contributed by atoms with Crippen LogP contribution >= 0.6 is 7.82 Å². The number of hydrogen-bond donors (Lipinski definition) is 1. The van der Waals surface area contributed by atoms with Crippen molar-refractivity contribution in [2.45, 2.75) is 328 Å². The molecule has 0 fully saturated rings. The van der Waals surface area contributed by atoms with E-state index >= 15 is 0 Å². The highest BCUT2D eigenvalue weighted by Crippen LogP contribution is 2.38. The number of esters is 1. The molecule has 9 nitrogen and oxygen atoms in total. The Bertz CT molecular complexity index is 1540. The van der Waals surface area contributed by atoms with Crippen molar-refractivity contribution in [3.05, 3.63) is 60.8 Å². The van der Waals surface area contributed by atoms with E-state index in [0.717, 1.165) is 64.2 Å². The van der Waals surface area contributed by atoms with Crippen LogP contribution in [0, 0.1) is 0 Å². The van der Waals surface area contributed by atoms with Crippen LogP contribution in [0.1, 0.15) is 316 Å². The minimum atomic E-state index is -4.71. The van der Waals surface area contributed by atoms with E-state index in [2.05, 4.69) is 74.7 Å². The molecule has 0 aromatic heterocycles. The van der Waals surface area contributed by atoms with Crippen LogP contribution in [-0.2, 0) is 27.9 Å². The fourth-order valence-electron chi connectivity index (χ4n) is 9.75. The summed E-state index contributed by atoms with van der Waals surface area (Å²) in [5.41, 5.74) is 0. The van der Waals surface area contributed by atoms with Gasteiger partial charge < -0.3 is 28.5 Å². The molecule has 3 unspecified atom stereocenters. The average Bonchev–Trinajstić information content (AvgIpc) is 3.41. The molecule has 0 spiro atoms. The fraction of sp³-hybridized carbons (Fsp3) is 0.826. The molecule has 0 radical (unpaired) electrons. The summed E-state index contributed by atoms with van der Waals surface area (Å²) in [5.74, 6) is -0.596. The Labute approximate surface area is 490 Å². The largest absolute Gasteiger partial charge is 0.756 e. The van der Waals surface area contributed by atoms with Crippen LogP contribution in [0.15, 0.2) is 60.8 Å². The lowest BCUT2D eigenvalue weighted by Gasteiger charge is -2.30. The van der Waals surface area contributed by atoms with Gasteiger partial charge in [0.05, 0.1) is 33.8 Å². The second kappa shape index (κ2) is 58.9. The molecule has 0 rings (SSSR count). The Morgan fingerprint density at radius 1 is 0.443 bits per heavy atom. The van der Waals surface area contributed by atoms with Gasteiger partial charge in [-0.1, -0.05) is 294 Å². The molecule has 0 saturated heterocycles.